The number of anilines is 1. The average molecular weight is 514 g/mol. The maximum atomic E-state index is 13.6. The number of amides is 3. The van der Waals surface area contributed by atoms with Crippen LogP contribution >= 0.6 is 0 Å². The molecule has 0 aliphatic rings. The first-order chi connectivity index (χ1) is 18.3. The van der Waals surface area contributed by atoms with Gasteiger partial charge in [-0.1, -0.05) is 42.5 Å². The van der Waals surface area contributed by atoms with Gasteiger partial charge in [0, 0.05) is 18.8 Å². The molecule has 1 N–H and O–H groups in total. The molecule has 0 bridgehead atoms. The molecule has 0 spiro atoms. The van der Waals surface area contributed by atoms with Crippen LogP contribution in [0.3, 0.4) is 0 Å². The lowest BCUT2D eigenvalue weighted by molar-refractivity contribution is -0.133. The van der Waals surface area contributed by atoms with Gasteiger partial charge in [-0.05, 0) is 54.4 Å². The van der Waals surface area contributed by atoms with Crippen molar-refractivity contribution in [1.29, 1.82) is 0 Å². The molecular formula is C30H28FN3O4. The fraction of sp³-hybridized carbons (Fsp3) is 0.167. The van der Waals surface area contributed by atoms with Crippen LogP contribution in [0.5, 0.6) is 0 Å². The molecule has 1 heterocycles. The van der Waals surface area contributed by atoms with Crippen LogP contribution in [-0.4, -0.2) is 34.8 Å². The van der Waals surface area contributed by atoms with Gasteiger partial charge in [0.25, 0.3) is 0 Å². The van der Waals surface area contributed by atoms with E-state index in [4.69, 9.17) is 4.42 Å². The molecule has 4 rings (SSSR count). The molecular weight excluding hydrogens is 485 g/mol. The summed E-state index contributed by atoms with van der Waals surface area (Å²) in [7, 11) is 0. The van der Waals surface area contributed by atoms with Gasteiger partial charge in [0.1, 0.15) is 17.9 Å². The van der Waals surface area contributed by atoms with E-state index in [9.17, 15) is 18.8 Å². The number of nitrogens with one attached hydrogen (secondary N) is 1. The second-order valence-corrected chi connectivity index (χ2v) is 8.93. The van der Waals surface area contributed by atoms with Crippen LogP contribution in [0.1, 0.15) is 16.7 Å². The summed E-state index contributed by atoms with van der Waals surface area (Å²) >= 11 is 0. The normalized spacial score (nSPS) is 10.7. The largest absolute Gasteiger partial charge is 0.464 e. The monoisotopic (exact) mass is 513 g/mol. The van der Waals surface area contributed by atoms with E-state index in [1.54, 1.807) is 42.5 Å². The maximum Gasteiger partial charge on any atom is 0.322 e. The molecule has 7 nitrogen and oxygen atoms in total. The smallest absolute Gasteiger partial charge is 0.322 e. The van der Waals surface area contributed by atoms with Crippen molar-refractivity contribution in [3.8, 4) is 0 Å². The highest BCUT2D eigenvalue weighted by atomic mass is 19.1. The summed E-state index contributed by atoms with van der Waals surface area (Å²) in [6.07, 6.45) is 2.88. The Bertz CT molecular complexity index is 1510. The number of carbonyl (C=O) groups excluding carboxylic acids is 2. The molecule has 0 saturated heterocycles. The molecule has 3 amide bonds. The molecule has 4 aromatic rings. The lowest BCUT2D eigenvalue weighted by Gasteiger charge is -2.27. The summed E-state index contributed by atoms with van der Waals surface area (Å²) < 4.78 is 19.1. The third-order valence-corrected chi connectivity index (χ3v) is 5.98. The van der Waals surface area contributed by atoms with Crippen molar-refractivity contribution in [2.24, 2.45) is 0 Å². The van der Waals surface area contributed by atoms with Gasteiger partial charge in [0.15, 0.2) is 5.43 Å². The van der Waals surface area contributed by atoms with Gasteiger partial charge in [0.05, 0.1) is 23.8 Å². The summed E-state index contributed by atoms with van der Waals surface area (Å²) in [6.45, 7) is 5.54. The van der Waals surface area contributed by atoms with Crippen molar-refractivity contribution < 1.29 is 18.4 Å². The van der Waals surface area contributed by atoms with Crippen LogP contribution in [-0.2, 0) is 17.9 Å². The molecule has 0 unspecified atom stereocenters. The number of hydrogen-bond donors (Lipinski definition) is 1. The number of para-hydroxylation sites is 1. The Morgan fingerprint density at radius 3 is 2.50 bits per heavy atom. The predicted molar refractivity (Wildman–Crippen MR) is 145 cm³/mol. The first-order valence-electron chi connectivity index (χ1n) is 12.1. The summed E-state index contributed by atoms with van der Waals surface area (Å²) in [5.41, 5.74) is 2.75. The standard InChI is InChI=1S/C30H28FN3O4/c1-3-15-33(30(37)32-25-8-6-7-21(2)16-25)19-28(35)34(17-22-11-13-24(31)14-12-22)18-23-20-38-27-10-5-4-9-26(27)29(23)36/h3-14,16,20H,1,15,17-19H2,2H3,(H,32,37). The summed E-state index contributed by atoms with van der Waals surface area (Å²) in [6, 6.07) is 19.5. The number of rotatable bonds is 9. The van der Waals surface area contributed by atoms with Gasteiger partial charge in [-0.3, -0.25) is 9.59 Å². The van der Waals surface area contributed by atoms with E-state index in [0.29, 0.717) is 27.8 Å². The summed E-state index contributed by atoms with van der Waals surface area (Å²) in [4.78, 5) is 42.5. The second-order valence-electron chi connectivity index (χ2n) is 8.93. The van der Waals surface area contributed by atoms with Crippen molar-refractivity contribution in [2.75, 3.05) is 18.4 Å². The molecule has 8 heteroatoms. The van der Waals surface area contributed by atoms with Crippen LogP contribution in [0.25, 0.3) is 11.0 Å². The average Bonchev–Trinajstić information content (AvgIpc) is 2.90. The number of nitrogens with zero attached hydrogens (tertiary/aromatic N) is 2. The SMILES string of the molecule is C=CCN(CC(=O)N(Cc1ccc(F)cc1)Cc1coc2ccccc2c1=O)C(=O)Nc1cccc(C)c1. The van der Waals surface area contributed by atoms with E-state index < -0.39 is 17.8 Å². The highest BCUT2D eigenvalue weighted by molar-refractivity contribution is 5.92. The van der Waals surface area contributed by atoms with Crippen LogP contribution in [0.15, 0.2) is 101 Å². The zero-order valence-electron chi connectivity index (χ0n) is 21.0. The van der Waals surface area contributed by atoms with Gasteiger partial charge in [-0.15, -0.1) is 6.58 Å². The Hall–Kier alpha value is -4.72. The van der Waals surface area contributed by atoms with Gasteiger partial charge >= 0.3 is 6.03 Å². The Kier molecular flexibility index (Phi) is 8.33. The molecule has 0 fully saturated rings. The molecule has 3 aromatic carbocycles. The maximum absolute atomic E-state index is 13.6. The third kappa shape index (κ3) is 6.53. The number of hydrogen-bond acceptors (Lipinski definition) is 4. The van der Waals surface area contributed by atoms with Crippen LogP contribution < -0.4 is 10.7 Å². The number of carbonyl (C=O) groups is 2. The van der Waals surface area contributed by atoms with E-state index in [-0.39, 0.29) is 31.6 Å². The third-order valence-electron chi connectivity index (χ3n) is 5.98. The molecule has 1 aromatic heterocycles. The van der Waals surface area contributed by atoms with E-state index in [1.807, 2.05) is 25.1 Å². The van der Waals surface area contributed by atoms with Crippen molar-refractivity contribution in [3.63, 3.8) is 0 Å². The van der Waals surface area contributed by atoms with Crippen LogP contribution in [0, 0.1) is 12.7 Å². The fourth-order valence-electron chi connectivity index (χ4n) is 4.04. The lowest BCUT2D eigenvalue weighted by Crippen LogP contribution is -2.44. The quantitative estimate of drug-likeness (QED) is 0.300. The van der Waals surface area contributed by atoms with Crippen molar-refractivity contribution in [3.05, 3.63) is 124 Å². The van der Waals surface area contributed by atoms with E-state index in [2.05, 4.69) is 11.9 Å². The van der Waals surface area contributed by atoms with E-state index in [1.165, 1.54) is 34.3 Å². The number of halogens is 1. The zero-order chi connectivity index (χ0) is 27.1. The number of urea groups is 1. The summed E-state index contributed by atoms with van der Waals surface area (Å²) in [5, 5.41) is 3.22. The van der Waals surface area contributed by atoms with Crippen molar-refractivity contribution >= 4 is 28.6 Å². The van der Waals surface area contributed by atoms with Crippen molar-refractivity contribution in [2.45, 2.75) is 20.0 Å². The Balaban J connectivity index is 1.59. The second kappa shape index (κ2) is 12.0. The lowest BCUT2D eigenvalue weighted by atomic mass is 10.1. The topological polar surface area (TPSA) is 82.9 Å². The number of aryl methyl sites for hydroxylation is 1. The van der Waals surface area contributed by atoms with Gasteiger partial charge in [0.2, 0.25) is 5.91 Å². The fourth-order valence-corrected chi connectivity index (χ4v) is 4.04. The molecule has 38 heavy (non-hydrogen) atoms. The van der Waals surface area contributed by atoms with Gasteiger partial charge in [-0.2, -0.15) is 0 Å². The highest BCUT2D eigenvalue weighted by Crippen LogP contribution is 2.15. The highest BCUT2D eigenvalue weighted by Gasteiger charge is 2.23. The summed E-state index contributed by atoms with van der Waals surface area (Å²) in [5.74, 6) is -0.796. The predicted octanol–water partition coefficient (Wildman–Crippen LogP) is 5.49. The van der Waals surface area contributed by atoms with Gasteiger partial charge in [-0.25, -0.2) is 9.18 Å². The minimum atomic E-state index is -0.462. The molecule has 194 valence electrons. The number of fused-ring (bicyclic) bond motifs is 1. The minimum absolute atomic E-state index is 0.0508. The Labute approximate surface area is 219 Å². The number of benzene rings is 3. The minimum Gasteiger partial charge on any atom is -0.464 e. The Morgan fingerprint density at radius 2 is 1.76 bits per heavy atom. The molecule has 0 atom stereocenters. The molecule has 0 aliphatic heterocycles. The van der Waals surface area contributed by atoms with Gasteiger partial charge < -0.3 is 19.5 Å². The van der Waals surface area contributed by atoms with E-state index >= 15 is 0 Å². The first-order valence-corrected chi connectivity index (χ1v) is 12.1. The molecule has 0 radical (unpaired) electrons. The van der Waals surface area contributed by atoms with Crippen LogP contribution in [0.4, 0.5) is 14.9 Å². The van der Waals surface area contributed by atoms with Crippen molar-refractivity contribution in [1.82, 2.24) is 9.80 Å². The molecule has 0 aliphatic carbocycles. The Morgan fingerprint density at radius 1 is 1.00 bits per heavy atom. The first kappa shape index (κ1) is 26.3. The zero-order valence-corrected chi connectivity index (χ0v) is 21.0. The van der Waals surface area contributed by atoms with E-state index in [0.717, 1.165) is 5.56 Å². The van der Waals surface area contributed by atoms with Crippen LogP contribution in [0.2, 0.25) is 0 Å². The molecule has 0 saturated carbocycles.